The maximum Gasteiger partial charge on any atom is 0.306 e. The third kappa shape index (κ3) is 20.6. The van der Waals surface area contributed by atoms with E-state index in [1.54, 1.807) is 10.9 Å². The van der Waals surface area contributed by atoms with Gasteiger partial charge in [0.25, 0.3) is 0 Å². The summed E-state index contributed by atoms with van der Waals surface area (Å²) in [6, 6.07) is 0. The Balaban J connectivity index is 2.36. The minimum absolute atomic E-state index is 0.0616. The number of nitrogens with two attached hydrogens (primary N) is 2. The first-order valence-corrected chi connectivity index (χ1v) is 21.7. The molecule has 0 spiro atoms. The molecule has 0 bridgehead atoms. The lowest BCUT2D eigenvalue weighted by atomic mass is 9.97. The average Bonchev–Trinajstić information content (AvgIpc) is 3.64. The monoisotopic (exact) mass is 858 g/mol. The Morgan fingerprint density at radius 1 is 0.741 bits per heavy atom. The van der Waals surface area contributed by atoms with Crippen molar-refractivity contribution < 1.29 is 38.1 Å². The van der Waals surface area contributed by atoms with Crippen LogP contribution in [0.5, 0.6) is 0 Å². The van der Waals surface area contributed by atoms with Crippen LogP contribution in [-0.2, 0) is 51.2 Å². The van der Waals surface area contributed by atoms with Crippen LogP contribution in [0.15, 0.2) is 6.20 Å². The van der Waals surface area contributed by atoms with Gasteiger partial charge >= 0.3 is 17.9 Å². The highest BCUT2D eigenvalue weighted by Crippen LogP contribution is 2.31. The van der Waals surface area contributed by atoms with Crippen LogP contribution in [0, 0.1) is 0 Å². The number of unbranched alkanes of at least 4 members (excludes halogenated alkanes) is 6. The normalized spacial score (nSPS) is 19.0. The van der Waals surface area contributed by atoms with Crippen LogP contribution in [0.1, 0.15) is 104 Å². The van der Waals surface area contributed by atoms with Crippen LogP contribution < -0.4 is 32.7 Å². The number of carbonyl (C=O) groups excluding carboxylic acids is 3. The first-order valence-electron chi connectivity index (χ1n) is 20.9. The van der Waals surface area contributed by atoms with E-state index in [4.69, 9.17) is 59.6 Å². The molecule has 0 amide bonds. The van der Waals surface area contributed by atoms with E-state index in [0.29, 0.717) is 94.1 Å². The summed E-state index contributed by atoms with van der Waals surface area (Å²) in [7, 11) is 1.42. The van der Waals surface area contributed by atoms with Crippen molar-refractivity contribution in [3.8, 4) is 0 Å². The van der Waals surface area contributed by atoms with Crippen molar-refractivity contribution in [1.82, 2.24) is 41.2 Å². The quantitative estimate of drug-likeness (QED) is 0.0280. The minimum atomic E-state index is -1.20. The number of ether oxygens (including phenoxy) is 5. The van der Waals surface area contributed by atoms with Gasteiger partial charge in [-0.1, -0.05) is 64.5 Å². The molecule has 0 saturated carbocycles. The van der Waals surface area contributed by atoms with Crippen molar-refractivity contribution in [1.29, 1.82) is 0 Å². The molecule has 0 radical (unpaired) electrons. The molecular weight excluding hydrogens is 789 g/mol. The van der Waals surface area contributed by atoms with Gasteiger partial charge in [0.15, 0.2) is 34.8 Å². The molecule has 332 valence electrons. The average molecular weight is 859 g/mol. The predicted octanol–water partition coefficient (Wildman–Crippen LogP) is 1.77. The maximum absolute atomic E-state index is 13.3. The fourth-order valence-electron chi connectivity index (χ4n) is 6.14. The first-order chi connectivity index (χ1) is 28.1. The summed E-state index contributed by atoms with van der Waals surface area (Å²) >= 11 is 10.7. The van der Waals surface area contributed by atoms with Gasteiger partial charge in [-0.25, -0.2) is 4.68 Å². The zero-order valence-electron chi connectivity index (χ0n) is 35.0. The molecule has 1 aromatic heterocycles. The molecule has 5 atom stereocenters. The number of carbonyl (C=O) groups is 3. The zero-order chi connectivity index (χ0) is 42.5. The fraction of sp³-hybridized carbons (Fsp3) is 0.816. The van der Waals surface area contributed by atoms with Crippen molar-refractivity contribution in [2.75, 3.05) is 59.5 Å². The van der Waals surface area contributed by atoms with Crippen LogP contribution >= 0.6 is 24.4 Å². The summed E-state index contributed by atoms with van der Waals surface area (Å²) in [4.78, 5) is 41.9. The van der Waals surface area contributed by atoms with E-state index < -0.39 is 48.6 Å². The lowest BCUT2D eigenvalue weighted by Crippen LogP contribution is -2.62. The molecule has 58 heavy (non-hydrogen) atoms. The molecule has 1 saturated heterocycles. The van der Waals surface area contributed by atoms with Crippen molar-refractivity contribution in [2.24, 2.45) is 11.5 Å². The van der Waals surface area contributed by atoms with Gasteiger partial charge in [-0.15, -0.1) is 5.10 Å². The topological polar surface area (TPSA) is 231 Å². The number of thiocarbonyl (C=S) groups is 2. The van der Waals surface area contributed by atoms with Crippen LogP contribution in [0.2, 0.25) is 0 Å². The Bertz CT molecular complexity index is 1320. The number of esters is 3. The van der Waals surface area contributed by atoms with Crippen LogP contribution in [-0.4, -0.2) is 138 Å². The van der Waals surface area contributed by atoms with Crippen molar-refractivity contribution in [3.63, 3.8) is 0 Å². The molecule has 1 aliphatic rings. The zero-order valence-corrected chi connectivity index (χ0v) is 36.7. The van der Waals surface area contributed by atoms with Gasteiger partial charge in [0, 0.05) is 91.5 Å². The molecule has 18 nitrogen and oxygen atoms in total. The van der Waals surface area contributed by atoms with Crippen LogP contribution in [0.4, 0.5) is 0 Å². The van der Waals surface area contributed by atoms with Gasteiger partial charge in [-0.2, -0.15) is 0 Å². The van der Waals surface area contributed by atoms with Gasteiger partial charge in [-0.05, 0) is 43.7 Å². The number of aromatic nitrogens is 3. The van der Waals surface area contributed by atoms with E-state index in [2.05, 4.69) is 36.5 Å². The molecule has 0 aliphatic carbocycles. The predicted molar refractivity (Wildman–Crippen MR) is 228 cm³/mol. The Morgan fingerprint density at radius 3 is 1.67 bits per heavy atom. The summed E-state index contributed by atoms with van der Waals surface area (Å²) in [5, 5.41) is 22.4. The van der Waals surface area contributed by atoms with Gasteiger partial charge in [0.1, 0.15) is 6.10 Å². The van der Waals surface area contributed by atoms with Crippen molar-refractivity contribution >= 4 is 52.6 Å². The standard InChI is InChI=1S/C38H70N10O8S2/c1-5-8-11-14-30(49)54-33-29(53-36(52-4)35(56-32(51)16-13-10-7-3)34(33)55-31(50)15-12-9-6-2)27-48-26-28(45-46-48)25-47(23-21-43-37(57)41-19-17-39)24-22-44-38(58)42-20-18-40/h26,29,33-36H,5-25,27,39-40H2,1-4H3,(H2,41,43,57)(H2,42,44,58)/t29-,33-,34+,35-,36+/m1/s1. The van der Waals surface area contributed by atoms with E-state index in [-0.39, 0.29) is 25.8 Å². The highest BCUT2D eigenvalue weighted by molar-refractivity contribution is 7.80. The Morgan fingerprint density at radius 2 is 1.21 bits per heavy atom. The lowest BCUT2D eigenvalue weighted by molar-refractivity contribution is -0.301. The second-order valence-electron chi connectivity index (χ2n) is 14.2. The molecule has 20 heteroatoms. The molecular formula is C38H70N10O8S2. The molecule has 1 aliphatic heterocycles. The highest BCUT2D eigenvalue weighted by atomic mass is 32.1. The Kier molecular flexibility index (Phi) is 26.9. The molecule has 2 rings (SSSR count). The molecule has 8 N–H and O–H groups in total. The molecule has 2 heterocycles. The molecule has 1 aromatic rings. The minimum Gasteiger partial charge on any atom is -0.455 e. The third-order valence-corrected chi connectivity index (χ3v) is 9.78. The van der Waals surface area contributed by atoms with Crippen LogP contribution in [0.3, 0.4) is 0 Å². The van der Waals surface area contributed by atoms with Crippen molar-refractivity contribution in [3.05, 3.63) is 11.9 Å². The summed E-state index contributed by atoms with van der Waals surface area (Å²) in [5.74, 6) is -1.46. The Hall–Kier alpha value is -3.27. The van der Waals surface area contributed by atoms with Gasteiger partial charge < -0.3 is 56.4 Å². The second kappa shape index (κ2) is 30.7. The van der Waals surface area contributed by atoms with E-state index >= 15 is 0 Å². The van der Waals surface area contributed by atoms with Gasteiger partial charge in [0.05, 0.1) is 12.2 Å². The highest BCUT2D eigenvalue weighted by Gasteiger charge is 2.52. The first kappa shape index (κ1) is 50.9. The number of hydrogen-bond donors (Lipinski definition) is 6. The van der Waals surface area contributed by atoms with Gasteiger partial charge in [-0.3, -0.25) is 19.3 Å². The second-order valence-corrected chi connectivity index (χ2v) is 15.0. The van der Waals surface area contributed by atoms with Crippen LogP contribution in [0.25, 0.3) is 0 Å². The SMILES string of the molecule is CCCCCC(=O)O[C@@H]1[C@@H](OC(=O)CCCCC)[C@@H](OC)O[C@H](Cn2cc(CN(CCNC(=S)NCCN)CCNC(=S)NCCN)nn2)[C@H]1OC(=O)CCCCC. The summed E-state index contributed by atoms with van der Waals surface area (Å²) < 4.78 is 31.8. The number of nitrogens with zero attached hydrogens (tertiary/aromatic N) is 4. The summed E-state index contributed by atoms with van der Waals surface area (Å²) in [5.41, 5.74) is 11.8. The number of rotatable bonds is 30. The molecule has 1 fully saturated rings. The number of nitrogens with one attached hydrogen (secondary N) is 4. The smallest absolute Gasteiger partial charge is 0.306 e. The van der Waals surface area contributed by atoms with Gasteiger partial charge in [0.2, 0.25) is 0 Å². The molecule has 0 unspecified atom stereocenters. The van der Waals surface area contributed by atoms with Crippen molar-refractivity contribution in [2.45, 2.75) is 142 Å². The summed E-state index contributed by atoms with van der Waals surface area (Å²) in [6.45, 7) is 11.0. The Labute approximate surface area is 355 Å². The third-order valence-electron chi connectivity index (χ3n) is 9.21. The fourth-order valence-corrected chi connectivity index (χ4v) is 6.55. The van der Waals surface area contributed by atoms with E-state index in [1.165, 1.54) is 7.11 Å². The van der Waals surface area contributed by atoms with E-state index in [9.17, 15) is 14.4 Å². The van der Waals surface area contributed by atoms with E-state index in [0.717, 1.165) is 38.5 Å². The summed E-state index contributed by atoms with van der Waals surface area (Å²) in [6.07, 6.45) is 3.92. The largest absolute Gasteiger partial charge is 0.455 e. The lowest BCUT2D eigenvalue weighted by Gasteiger charge is -2.44. The number of hydrogen-bond acceptors (Lipinski definition) is 15. The number of methoxy groups -OCH3 is 1. The molecule has 0 aromatic carbocycles. The maximum atomic E-state index is 13.3. The van der Waals surface area contributed by atoms with E-state index in [1.807, 2.05) is 20.8 Å².